The number of hydrogen-bond acceptors (Lipinski definition) is 5. The third-order valence-corrected chi connectivity index (χ3v) is 5.74. The summed E-state index contributed by atoms with van der Waals surface area (Å²) in [6, 6.07) is 15.1. The number of phenols is 1. The Morgan fingerprint density at radius 2 is 1.80 bits per heavy atom. The van der Waals surface area contributed by atoms with Crippen LogP contribution in [-0.2, 0) is 13.0 Å². The quantitative estimate of drug-likeness (QED) is 0.615. The Hall–Kier alpha value is -2.77. The zero-order valence-corrected chi connectivity index (χ0v) is 17.3. The predicted molar refractivity (Wildman–Crippen MR) is 114 cm³/mol. The molecule has 2 aromatic carbocycles. The van der Waals surface area contributed by atoms with Crippen LogP contribution in [0, 0.1) is 0 Å². The average Bonchev–Trinajstić information content (AvgIpc) is 2.73. The second-order valence-corrected chi connectivity index (χ2v) is 7.93. The molecule has 0 unspecified atom stereocenters. The highest BCUT2D eigenvalue weighted by Gasteiger charge is 2.35. The molecule has 1 saturated heterocycles. The Balaban J connectivity index is 1.69. The van der Waals surface area contributed by atoms with Crippen LogP contribution in [0.1, 0.15) is 24.0 Å². The van der Waals surface area contributed by atoms with Crippen molar-refractivity contribution >= 4 is 6.09 Å². The van der Waals surface area contributed by atoms with E-state index in [4.69, 9.17) is 9.84 Å². The summed E-state index contributed by atoms with van der Waals surface area (Å²) in [5.74, 6) is 1.06. The van der Waals surface area contributed by atoms with E-state index in [2.05, 4.69) is 4.90 Å². The molecule has 1 aliphatic rings. The first-order valence-electron chi connectivity index (χ1n) is 10.2. The summed E-state index contributed by atoms with van der Waals surface area (Å²) >= 11 is 0. The number of methoxy groups -OCH3 is 1. The molecule has 0 aliphatic carbocycles. The van der Waals surface area contributed by atoms with Gasteiger partial charge >= 0.3 is 6.09 Å². The summed E-state index contributed by atoms with van der Waals surface area (Å²) in [5.41, 5.74) is 1.03. The van der Waals surface area contributed by atoms with Crippen LogP contribution in [0.15, 0.2) is 48.5 Å². The van der Waals surface area contributed by atoms with Gasteiger partial charge in [0.05, 0.1) is 12.7 Å². The molecule has 1 amide bonds. The first-order valence-corrected chi connectivity index (χ1v) is 10.2. The number of carboxylic acid groups (broad SMARTS) is 1. The van der Waals surface area contributed by atoms with Gasteiger partial charge in [-0.15, -0.1) is 0 Å². The van der Waals surface area contributed by atoms with Gasteiger partial charge in [-0.2, -0.15) is 0 Å². The van der Waals surface area contributed by atoms with Crippen molar-refractivity contribution in [1.82, 2.24) is 9.80 Å². The summed E-state index contributed by atoms with van der Waals surface area (Å²) in [6.45, 7) is 2.42. The van der Waals surface area contributed by atoms with Crippen molar-refractivity contribution < 1.29 is 24.9 Å². The number of carbonyl (C=O) groups is 1. The molecule has 0 atom stereocenters. The first-order chi connectivity index (χ1) is 14.4. The van der Waals surface area contributed by atoms with E-state index in [1.54, 1.807) is 19.2 Å². The molecule has 2 aromatic rings. The van der Waals surface area contributed by atoms with Crippen LogP contribution in [0.3, 0.4) is 0 Å². The highest BCUT2D eigenvalue weighted by Crippen LogP contribution is 2.25. The van der Waals surface area contributed by atoms with Crippen LogP contribution in [0.2, 0.25) is 0 Å². The fraction of sp³-hybridized carbons (Fsp3) is 0.435. The van der Waals surface area contributed by atoms with Gasteiger partial charge in [-0.25, -0.2) is 4.79 Å². The lowest BCUT2D eigenvalue weighted by Gasteiger charge is -2.40. The van der Waals surface area contributed by atoms with E-state index in [9.17, 15) is 15.0 Å². The summed E-state index contributed by atoms with van der Waals surface area (Å²) in [6.07, 6.45) is 0.538. The van der Waals surface area contributed by atoms with Crippen molar-refractivity contribution in [3.63, 3.8) is 0 Å². The number of phenolic OH excluding ortho intramolecular Hbond substituents is 1. The van der Waals surface area contributed by atoms with Gasteiger partial charge in [-0.05, 0) is 48.6 Å². The lowest BCUT2D eigenvalue weighted by molar-refractivity contribution is -0.0427. The summed E-state index contributed by atoms with van der Waals surface area (Å²) in [5, 5.41) is 30.4. The maximum absolute atomic E-state index is 11.2. The third kappa shape index (κ3) is 5.87. The fourth-order valence-electron chi connectivity index (χ4n) is 3.89. The number of ether oxygens (including phenoxy) is 1. The van der Waals surface area contributed by atoms with Crippen molar-refractivity contribution in [3.05, 3.63) is 59.7 Å². The Bertz CT molecular complexity index is 832. The second kappa shape index (κ2) is 9.82. The molecule has 162 valence electrons. The molecule has 7 nitrogen and oxygen atoms in total. The van der Waals surface area contributed by atoms with E-state index in [1.165, 1.54) is 4.90 Å². The van der Waals surface area contributed by atoms with Gasteiger partial charge < -0.3 is 25.0 Å². The SMILES string of the molecule is COc1ccc(CN(CCc2ccccc2O)CC2(O)CCN(C(=O)O)CC2)cc1. The number of para-hydroxylation sites is 1. The number of likely N-dealkylation sites (tertiary alicyclic amines) is 1. The predicted octanol–water partition coefficient (Wildman–Crippen LogP) is 2.95. The minimum absolute atomic E-state index is 0.273. The lowest BCUT2D eigenvalue weighted by Crippen LogP contribution is -2.52. The Morgan fingerprint density at radius 3 is 2.40 bits per heavy atom. The standard InChI is InChI=1S/C23H30N2O5/c1-30-20-8-6-18(7-9-20)16-24(13-10-19-4-2-3-5-21(19)26)17-23(29)11-14-25(15-12-23)22(27)28/h2-9,26,29H,10-17H2,1H3,(H,27,28). The Kier molecular flexibility index (Phi) is 7.18. The highest BCUT2D eigenvalue weighted by atomic mass is 16.5. The number of amides is 1. The van der Waals surface area contributed by atoms with Crippen molar-refractivity contribution in [3.8, 4) is 11.5 Å². The van der Waals surface area contributed by atoms with Gasteiger partial charge in [-0.3, -0.25) is 4.90 Å². The number of nitrogens with zero attached hydrogens (tertiary/aromatic N) is 2. The zero-order valence-electron chi connectivity index (χ0n) is 17.3. The highest BCUT2D eigenvalue weighted by molar-refractivity contribution is 5.65. The number of benzene rings is 2. The van der Waals surface area contributed by atoms with E-state index >= 15 is 0 Å². The summed E-state index contributed by atoms with van der Waals surface area (Å²) < 4.78 is 5.23. The van der Waals surface area contributed by atoms with Crippen molar-refractivity contribution in [1.29, 1.82) is 0 Å². The zero-order chi connectivity index (χ0) is 21.6. The van der Waals surface area contributed by atoms with Gasteiger partial charge in [0.25, 0.3) is 0 Å². The van der Waals surface area contributed by atoms with E-state index in [0.29, 0.717) is 52.0 Å². The minimum Gasteiger partial charge on any atom is -0.508 e. The lowest BCUT2D eigenvalue weighted by atomic mass is 9.90. The topological polar surface area (TPSA) is 93.5 Å². The molecule has 1 heterocycles. The van der Waals surface area contributed by atoms with E-state index in [0.717, 1.165) is 16.9 Å². The van der Waals surface area contributed by atoms with Crippen LogP contribution in [0.4, 0.5) is 4.79 Å². The minimum atomic E-state index is -0.938. The maximum atomic E-state index is 11.2. The Labute approximate surface area is 177 Å². The molecule has 0 aromatic heterocycles. The fourth-order valence-corrected chi connectivity index (χ4v) is 3.89. The molecule has 0 bridgehead atoms. The van der Waals surface area contributed by atoms with Crippen LogP contribution in [-0.4, -0.2) is 70.1 Å². The van der Waals surface area contributed by atoms with Gasteiger partial charge in [0, 0.05) is 32.7 Å². The molecule has 0 radical (unpaired) electrons. The molecule has 3 rings (SSSR count). The van der Waals surface area contributed by atoms with Gasteiger partial charge in [0.1, 0.15) is 11.5 Å². The van der Waals surface area contributed by atoms with Crippen LogP contribution < -0.4 is 4.74 Å². The first kappa shape index (κ1) is 21.9. The van der Waals surface area contributed by atoms with Crippen molar-refractivity contribution in [2.75, 3.05) is 33.3 Å². The molecule has 30 heavy (non-hydrogen) atoms. The average molecular weight is 415 g/mol. The second-order valence-electron chi connectivity index (χ2n) is 7.93. The van der Waals surface area contributed by atoms with Crippen molar-refractivity contribution in [2.45, 2.75) is 31.4 Å². The molecule has 7 heteroatoms. The van der Waals surface area contributed by atoms with Crippen molar-refractivity contribution in [2.24, 2.45) is 0 Å². The normalized spacial score (nSPS) is 15.9. The smallest absolute Gasteiger partial charge is 0.407 e. The molecule has 0 saturated carbocycles. The molecular weight excluding hydrogens is 384 g/mol. The molecular formula is C23H30N2O5. The number of piperidine rings is 1. The molecule has 0 spiro atoms. The van der Waals surface area contributed by atoms with E-state index in [1.807, 2.05) is 36.4 Å². The largest absolute Gasteiger partial charge is 0.508 e. The van der Waals surface area contributed by atoms with E-state index < -0.39 is 11.7 Å². The van der Waals surface area contributed by atoms with Crippen LogP contribution in [0.5, 0.6) is 11.5 Å². The third-order valence-electron chi connectivity index (χ3n) is 5.74. The molecule has 1 aliphatic heterocycles. The van der Waals surface area contributed by atoms with Gasteiger partial charge in [0.15, 0.2) is 0 Å². The van der Waals surface area contributed by atoms with E-state index in [-0.39, 0.29) is 5.75 Å². The number of aromatic hydroxyl groups is 1. The van der Waals surface area contributed by atoms with Gasteiger partial charge in [0.2, 0.25) is 0 Å². The van der Waals surface area contributed by atoms with Crippen LogP contribution >= 0.6 is 0 Å². The maximum Gasteiger partial charge on any atom is 0.407 e. The number of hydrogen-bond donors (Lipinski definition) is 3. The molecule has 3 N–H and O–H groups in total. The van der Waals surface area contributed by atoms with Crippen LogP contribution in [0.25, 0.3) is 0 Å². The monoisotopic (exact) mass is 414 g/mol. The van der Waals surface area contributed by atoms with Gasteiger partial charge in [-0.1, -0.05) is 30.3 Å². The molecule has 1 fully saturated rings. The number of rotatable bonds is 8. The Morgan fingerprint density at radius 1 is 1.13 bits per heavy atom. The summed E-state index contributed by atoms with van der Waals surface area (Å²) in [4.78, 5) is 14.7. The number of aliphatic hydroxyl groups is 1. The summed E-state index contributed by atoms with van der Waals surface area (Å²) in [7, 11) is 1.63.